The number of carbonyl (C=O) groups is 1. The van der Waals surface area contributed by atoms with Crippen LogP contribution in [0.15, 0.2) is 12.4 Å². The summed E-state index contributed by atoms with van der Waals surface area (Å²) >= 11 is 0. The molecule has 0 aliphatic carbocycles. The van der Waals surface area contributed by atoms with Crippen LogP contribution < -0.4 is 10.6 Å². The third-order valence-corrected chi connectivity index (χ3v) is 4.02. The van der Waals surface area contributed by atoms with Gasteiger partial charge in [-0.2, -0.15) is 0 Å². The molecule has 6 nitrogen and oxygen atoms in total. The highest BCUT2D eigenvalue weighted by Gasteiger charge is 2.39. The molecule has 0 radical (unpaired) electrons. The van der Waals surface area contributed by atoms with Gasteiger partial charge in [-0.05, 0) is 32.9 Å². The van der Waals surface area contributed by atoms with Crippen LogP contribution in [-0.2, 0) is 16.1 Å². The Morgan fingerprint density at radius 2 is 2.14 bits per heavy atom. The lowest BCUT2D eigenvalue weighted by Gasteiger charge is -2.35. The van der Waals surface area contributed by atoms with Crippen LogP contribution in [0.4, 0.5) is 0 Å². The lowest BCUT2D eigenvalue weighted by Crippen LogP contribution is -2.50. The second-order valence-electron chi connectivity index (χ2n) is 5.39. The van der Waals surface area contributed by atoms with Gasteiger partial charge in [0.15, 0.2) is 0 Å². The first-order chi connectivity index (χ1) is 9.68. The molecule has 2 heterocycles. The molecule has 1 fully saturated rings. The zero-order valence-corrected chi connectivity index (χ0v) is 14.8. The van der Waals surface area contributed by atoms with Gasteiger partial charge >= 0.3 is 0 Å². The molecule has 1 amide bonds. The Labute approximate surface area is 144 Å². The first-order valence-corrected chi connectivity index (χ1v) is 7.14. The molecule has 0 aromatic carbocycles. The van der Waals surface area contributed by atoms with Gasteiger partial charge in [0.05, 0.1) is 12.0 Å². The van der Waals surface area contributed by atoms with Gasteiger partial charge in [-0.25, -0.2) is 4.98 Å². The van der Waals surface area contributed by atoms with Gasteiger partial charge in [-0.15, -0.1) is 24.8 Å². The Morgan fingerprint density at radius 1 is 1.45 bits per heavy atom. The van der Waals surface area contributed by atoms with E-state index in [9.17, 15) is 4.79 Å². The molecule has 1 aromatic heterocycles. The quantitative estimate of drug-likeness (QED) is 0.806. The molecular weight excluding hydrogens is 327 g/mol. The fourth-order valence-electron chi connectivity index (χ4n) is 2.74. The number of rotatable bonds is 6. The average molecular weight is 353 g/mol. The van der Waals surface area contributed by atoms with Crippen LogP contribution in [0, 0.1) is 12.3 Å². The minimum Gasteiger partial charge on any atom is -0.384 e. The van der Waals surface area contributed by atoms with Gasteiger partial charge in [0.1, 0.15) is 5.82 Å². The molecule has 8 heteroatoms. The number of hydrogen-bond acceptors (Lipinski definition) is 4. The Balaban J connectivity index is 0.00000220. The molecule has 1 saturated heterocycles. The normalized spacial score (nSPS) is 16.3. The van der Waals surface area contributed by atoms with Crippen molar-refractivity contribution in [1.29, 1.82) is 0 Å². The molecule has 0 saturated carbocycles. The highest BCUT2D eigenvalue weighted by molar-refractivity contribution is 5.85. The fourth-order valence-corrected chi connectivity index (χ4v) is 2.74. The van der Waals surface area contributed by atoms with Crippen molar-refractivity contribution in [3.63, 3.8) is 0 Å². The van der Waals surface area contributed by atoms with Gasteiger partial charge in [0, 0.05) is 32.6 Å². The van der Waals surface area contributed by atoms with Crippen molar-refractivity contribution in [2.24, 2.45) is 5.41 Å². The SMILES string of the molecule is COCC1(C(=O)NCCn2ccnc2C)CCNCC1.Cl.Cl. The minimum atomic E-state index is -0.371. The van der Waals surface area contributed by atoms with Gasteiger partial charge in [-0.3, -0.25) is 4.79 Å². The summed E-state index contributed by atoms with van der Waals surface area (Å²) in [5, 5.41) is 6.34. The molecule has 0 atom stereocenters. The lowest BCUT2D eigenvalue weighted by molar-refractivity contribution is -0.136. The number of imidazole rings is 1. The zero-order chi connectivity index (χ0) is 14.4. The molecule has 2 rings (SSSR count). The van der Waals surface area contributed by atoms with E-state index in [0.717, 1.165) is 38.3 Å². The van der Waals surface area contributed by atoms with Crippen LogP contribution in [0.5, 0.6) is 0 Å². The number of ether oxygens (including phenoxy) is 1. The van der Waals surface area contributed by atoms with Crippen LogP contribution in [0.1, 0.15) is 18.7 Å². The van der Waals surface area contributed by atoms with Crippen LogP contribution in [0.3, 0.4) is 0 Å². The summed E-state index contributed by atoms with van der Waals surface area (Å²) in [5.41, 5.74) is -0.371. The second-order valence-corrected chi connectivity index (χ2v) is 5.39. The molecule has 1 aliphatic rings. The summed E-state index contributed by atoms with van der Waals surface area (Å²) in [6, 6.07) is 0. The Hall–Kier alpha value is -0.820. The molecule has 0 unspecified atom stereocenters. The van der Waals surface area contributed by atoms with Gasteiger partial charge in [0.25, 0.3) is 0 Å². The maximum Gasteiger partial charge on any atom is 0.228 e. The molecule has 1 aromatic rings. The number of nitrogens with one attached hydrogen (secondary N) is 2. The molecule has 0 bridgehead atoms. The number of piperidine rings is 1. The third-order valence-electron chi connectivity index (χ3n) is 4.02. The fraction of sp³-hybridized carbons (Fsp3) is 0.714. The number of carbonyl (C=O) groups excluding carboxylic acids is 1. The van der Waals surface area contributed by atoms with E-state index in [2.05, 4.69) is 15.6 Å². The van der Waals surface area contributed by atoms with Crippen LogP contribution >= 0.6 is 24.8 Å². The maximum absolute atomic E-state index is 12.5. The van der Waals surface area contributed by atoms with Crippen molar-refractivity contribution in [2.75, 3.05) is 33.4 Å². The van der Waals surface area contributed by atoms with E-state index in [1.165, 1.54) is 0 Å². The monoisotopic (exact) mass is 352 g/mol. The number of hydrogen-bond donors (Lipinski definition) is 2. The second kappa shape index (κ2) is 10.0. The van der Waals surface area contributed by atoms with Crippen LogP contribution in [0.2, 0.25) is 0 Å². The first-order valence-electron chi connectivity index (χ1n) is 7.14. The number of halogens is 2. The zero-order valence-electron chi connectivity index (χ0n) is 13.1. The van der Waals surface area contributed by atoms with Crippen LogP contribution in [0.25, 0.3) is 0 Å². The minimum absolute atomic E-state index is 0. The smallest absolute Gasteiger partial charge is 0.228 e. The Morgan fingerprint density at radius 3 is 2.68 bits per heavy atom. The van der Waals surface area contributed by atoms with E-state index in [4.69, 9.17) is 4.74 Å². The van der Waals surface area contributed by atoms with Gasteiger partial charge in [0.2, 0.25) is 5.91 Å². The first kappa shape index (κ1) is 21.2. The van der Waals surface area contributed by atoms with Gasteiger partial charge in [-0.1, -0.05) is 0 Å². The van der Waals surface area contributed by atoms with E-state index in [1.54, 1.807) is 13.3 Å². The predicted octanol–water partition coefficient (Wildman–Crippen LogP) is 1.17. The number of methoxy groups -OCH3 is 1. The van der Waals surface area contributed by atoms with Gasteiger partial charge < -0.3 is 19.9 Å². The standard InChI is InChI=1S/C14H24N4O2.2ClH/c1-12-16-7-9-18(12)10-8-17-13(19)14(11-20-2)3-5-15-6-4-14;;/h7,9,15H,3-6,8,10-11H2,1-2H3,(H,17,19);2*1H. The number of aromatic nitrogens is 2. The van der Waals surface area contributed by atoms with Crippen molar-refractivity contribution in [3.8, 4) is 0 Å². The van der Waals surface area contributed by atoms with E-state index in [-0.39, 0.29) is 36.1 Å². The Kier molecular flexibility index (Phi) is 9.67. The van der Waals surface area contributed by atoms with E-state index in [0.29, 0.717) is 13.2 Å². The largest absolute Gasteiger partial charge is 0.384 e. The number of aryl methyl sites for hydroxylation is 1. The summed E-state index contributed by atoms with van der Waals surface area (Å²) in [7, 11) is 1.66. The topological polar surface area (TPSA) is 68.2 Å². The highest BCUT2D eigenvalue weighted by atomic mass is 35.5. The maximum atomic E-state index is 12.5. The average Bonchev–Trinajstić information content (AvgIpc) is 2.86. The third kappa shape index (κ3) is 5.12. The van der Waals surface area contributed by atoms with Crippen molar-refractivity contribution in [1.82, 2.24) is 20.2 Å². The van der Waals surface area contributed by atoms with Crippen molar-refractivity contribution in [3.05, 3.63) is 18.2 Å². The lowest BCUT2D eigenvalue weighted by atomic mass is 9.78. The Bertz CT molecular complexity index is 442. The molecule has 1 aliphatic heterocycles. The molecular formula is C14H26Cl2N4O2. The van der Waals surface area contributed by atoms with Crippen molar-refractivity contribution in [2.45, 2.75) is 26.3 Å². The molecule has 2 N–H and O–H groups in total. The molecule has 0 spiro atoms. The summed E-state index contributed by atoms with van der Waals surface area (Å²) in [4.78, 5) is 16.6. The molecule has 22 heavy (non-hydrogen) atoms. The summed E-state index contributed by atoms with van der Waals surface area (Å²) in [6.45, 7) is 5.56. The molecule has 128 valence electrons. The number of nitrogens with zero attached hydrogens (tertiary/aromatic N) is 2. The highest BCUT2D eigenvalue weighted by Crippen LogP contribution is 2.29. The van der Waals surface area contributed by atoms with E-state index >= 15 is 0 Å². The van der Waals surface area contributed by atoms with Crippen LogP contribution in [-0.4, -0.2) is 48.8 Å². The van der Waals surface area contributed by atoms with Crippen molar-refractivity contribution >= 4 is 30.7 Å². The number of amides is 1. The predicted molar refractivity (Wildman–Crippen MR) is 90.9 cm³/mol. The summed E-state index contributed by atoms with van der Waals surface area (Å²) in [5.74, 6) is 1.08. The van der Waals surface area contributed by atoms with E-state index in [1.807, 2.05) is 17.7 Å². The summed E-state index contributed by atoms with van der Waals surface area (Å²) in [6.07, 6.45) is 5.36. The summed E-state index contributed by atoms with van der Waals surface area (Å²) < 4.78 is 7.31. The van der Waals surface area contributed by atoms with E-state index < -0.39 is 0 Å². The van der Waals surface area contributed by atoms with Crippen molar-refractivity contribution < 1.29 is 9.53 Å².